The van der Waals surface area contributed by atoms with Gasteiger partial charge in [-0.25, -0.2) is 0 Å². The van der Waals surface area contributed by atoms with Crippen molar-refractivity contribution >= 4 is 0 Å². The molecule has 6 heavy (non-hydrogen) atoms. The number of hydrogen-bond donors (Lipinski definition) is 2. The Labute approximate surface area is 37.4 Å². The number of aliphatic hydroxyl groups excluding tert-OH is 2. The van der Waals surface area contributed by atoms with Crippen LogP contribution in [0, 0.1) is 6.42 Å². The fourth-order valence-corrected chi connectivity index (χ4v) is 0.183. The molecule has 0 aliphatic rings. The maximum absolute atomic E-state index is 8.06. The zero-order valence-corrected chi connectivity index (χ0v) is 3.59. The van der Waals surface area contributed by atoms with Crippen LogP contribution in [-0.2, 0) is 0 Å². The van der Waals surface area contributed by atoms with E-state index in [-0.39, 0.29) is 13.2 Å². The lowest BCUT2D eigenvalue weighted by Gasteiger charge is -1.75. The molecule has 0 heterocycles. The van der Waals surface area contributed by atoms with Gasteiger partial charge in [0.25, 0.3) is 0 Å². The van der Waals surface area contributed by atoms with Crippen LogP contribution in [-0.4, -0.2) is 23.4 Å². The summed E-state index contributed by atoms with van der Waals surface area (Å²) in [6.45, 7) is 0.209. The molecule has 0 radical (unpaired) electrons. The third kappa shape index (κ3) is 3.79. The molecule has 0 saturated carbocycles. The first-order valence-electron chi connectivity index (χ1n) is 1.95. The molecule has 0 aromatic rings. The molecular formula is C4H9O2+. The second-order valence-corrected chi connectivity index (χ2v) is 0.984. The van der Waals surface area contributed by atoms with Gasteiger partial charge in [0.2, 0.25) is 0 Å². The van der Waals surface area contributed by atoms with Crippen LogP contribution in [0.3, 0.4) is 0 Å². The Kier molecular flexibility index (Phi) is 4.62. The predicted molar refractivity (Wildman–Crippen MR) is 23.1 cm³/mol. The van der Waals surface area contributed by atoms with Crippen molar-refractivity contribution in [1.82, 2.24) is 0 Å². The van der Waals surface area contributed by atoms with Crippen molar-refractivity contribution in [2.24, 2.45) is 0 Å². The predicted octanol–water partition coefficient (Wildman–Crippen LogP) is -0.435. The number of unbranched alkanes of at least 4 members (excludes halogenated alkanes) is 1. The molecule has 0 aliphatic carbocycles. The summed E-state index contributed by atoms with van der Waals surface area (Å²) in [5, 5.41) is 16.1. The van der Waals surface area contributed by atoms with Crippen LogP contribution in [0.25, 0.3) is 0 Å². The lowest BCUT2D eigenvalue weighted by Crippen LogP contribution is -1.86. The molecule has 0 spiro atoms. The highest BCUT2D eigenvalue weighted by Gasteiger charge is 1.88. The molecule has 0 rings (SSSR count). The molecule has 36 valence electrons. The van der Waals surface area contributed by atoms with Crippen LogP contribution in [0.15, 0.2) is 0 Å². The highest BCUT2D eigenvalue weighted by Crippen LogP contribution is 1.78. The van der Waals surface area contributed by atoms with Gasteiger partial charge in [-0.1, -0.05) is 0 Å². The monoisotopic (exact) mass is 89.1 g/mol. The largest absolute Gasteiger partial charge is 0.392 e. The quantitative estimate of drug-likeness (QED) is 0.363. The van der Waals surface area contributed by atoms with E-state index in [9.17, 15) is 0 Å². The van der Waals surface area contributed by atoms with Crippen molar-refractivity contribution in [1.29, 1.82) is 0 Å². The molecule has 0 atom stereocenters. The van der Waals surface area contributed by atoms with E-state index in [1.165, 1.54) is 0 Å². The van der Waals surface area contributed by atoms with Gasteiger partial charge < -0.3 is 10.2 Å². The Morgan fingerprint density at radius 1 is 1.33 bits per heavy atom. The first-order chi connectivity index (χ1) is 2.91. The zero-order valence-electron chi connectivity index (χ0n) is 3.59. The van der Waals surface area contributed by atoms with Gasteiger partial charge in [0.15, 0.2) is 6.61 Å². The van der Waals surface area contributed by atoms with E-state index in [0.29, 0.717) is 6.42 Å². The minimum absolute atomic E-state index is 0.0700. The summed E-state index contributed by atoms with van der Waals surface area (Å²) in [5.74, 6) is 0. The fourth-order valence-electron chi connectivity index (χ4n) is 0.183. The van der Waals surface area contributed by atoms with Crippen LogP contribution in [0.5, 0.6) is 0 Å². The first-order valence-corrected chi connectivity index (χ1v) is 1.95. The topological polar surface area (TPSA) is 40.5 Å². The van der Waals surface area contributed by atoms with E-state index >= 15 is 0 Å². The third-order valence-electron chi connectivity index (χ3n) is 0.462. The summed E-state index contributed by atoms with van der Waals surface area (Å²) < 4.78 is 0. The van der Waals surface area contributed by atoms with E-state index in [1.807, 2.05) is 0 Å². The highest BCUT2D eigenvalue weighted by molar-refractivity contribution is 4.58. The van der Waals surface area contributed by atoms with Crippen LogP contribution >= 0.6 is 0 Å². The van der Waals surface area contributed by atoms with Gasteiger partial charge in [0, 0.05) is 0 Å². The summed E-state index contributed by atoms with van der Waals surface area (Å²) in [4.78, 5) is 0. The molecule has 2 heteroatoms. The van der Waals surface area contributed by atoms with Crippen LogP contribution in [0.2, 0.25) is 0 Å². The molecule has 0 aromatic carbocycles. The van der Waals surface area contributed by atoms with Crippen molar-refractivity contribution in [3.8, 4) is 0 Å². The average Bonchev–Trinajstić information content (AvgIpc) is 1.61. The minimum Gasteiger partial charge on any atom is -0.392 e. The average molecular weight is 89.1 g/mol. The number of rotatable bonds is 3. The molecule has 0 aromatic heterocycles. The summed E-state index contributed by atoms with van der Waals surface area (Å²) in [6, 6.07) is 0. The lowest BCUT2D eigenvalue weighted by atomic mass is 10.3. The minimum atomic E-state index is 0.0700. The molecule has 0 amide bonds. The molecule has 0 saturated heterocycles. The van der Waals surface area contributed by atoms with Crippen molar-refractivity contribution < 1.29 is 10.2 Å². The Balaban J connectivity index is 2.34. The number of aliphatic hydroxyl groups is 2. The Morgan fingerprint density at radius 2 is 2.00 bits per heavy atom. The van der Waals surface area contributed by atoms with Gasteiger partial charge in [-0.05, 0) is 0 Å². The molecule has 2 N–H and O–H groups in total. The van der Waals surface area contributed by atoms with Crippen LogP contribution in [0.1, 0.15) is 6.42 Å². The van der Waals surface area contributed by atoms with Gasteiger partial charge in [0.05, 0.1) is 6.61 Å². The first kappa shape index (κ1) is 5.79. The normalized spacial score (nSPS) is 8.33. The second kappa shape index (κ2) is 4.79. The van der Waals surface area contributed by atoms with Crippen LogP contribution in [0.4, 0.5) is 0 Å². The van der Waals surface area contributed by atoms with E-state index in [0.717, 1.165) is 0 Å². The van der Waals surface area contributed by atoms with Gasteiger partial charge in [-0.3, -0.25) is 0 Å². The van der Waals surface area contributed by atoms with Gasteiger partial charge in [0.1, 0.15) is 12.8 Å². The second-order valence-electron chi connectivity index (χ2n) is 0.984. The summed E-state index contributed by atoms with van der Waals surface area (Å²) in [5.41, 5.74) is 0. The van der Waals surface area contributed by atoms with E-state index in [1.54, 1.807) is 6.42 Å². The van der Waals surface area contributed by atoms with Crippen LogP contribution < -0.4 is 0 Å². The fraction of sp³-hybridized carbons (Fsp3) is 0.750. The maximum Gasteiger partial charge on any atom is 0.184 e. The Bertz CT molecular complexity index is 17.5. The van der Waals surface area contributed by atoms with E-state index in [2.05, 4.69) is 0 Å². The van der Waals surface area contributed by atoms with Gasteiger partial charge in [-0.15, -0.1) is 0 Å². The summed E-state index contributed by atoms with van der Waals surface area (Å²) >= 11 is 0. The SMILES string of the molecule is OC[CH+]CCO. The van der Waals surface area contributed by atoms with Crippen molar-refractivity contribution in [2.45, 2.75) is 6.42 Å². The molecule has 0 fully saturated rings. The number of hydrogen-bond acceptors (Lipinski definition) is 2. The smallest absolute Gasteiger partial charge is 0.184 e. The van der Waals surface area contributed by atoms with Gasteiger partial charge >= 0.3 is 0 Å². The Morgan fingerprint density at radius 3 is 2.17 bits per heavy atom. The zero-order chi connectivity index (χ0) is 4.83. The summed E-state index contributed by atoms with van der Waals surface area (Å²) in [7, 11) is 0. The standard InChI is InChI=1S/C4H9O2/c5-3-1-2-4-6/h1,5-6H,2-4H2/q+1. The molecular weight excluding hydrogens is 80.0 g/mol. The molecule has 0 unspecified atom stereocenters. The van der Waals surface area contributed by atoms with Crippen molar-refractivity contribution in [3.05, 3.63) is 6.42 Å². The third-order valence-corrected chi connectivity index (χ3v) is 0.462. The van der Waals surface area contributed by atoms with E-state index in [4.69, 9.17) is 10.2 Å². The van der Waals surface area contributed by atoms with Crippen molar-refractivity contribution in [3.63, 3.8) is 0 Å². The van der Waals surface area contributed by atoms with Crippen molar-refractivity contribution in [2.75, 3.05) is 13.2 Å². The molecule has 0 bridgehead atoms. The summed E-state index contributed by atoms with van der Waals surface area (Å²) in [6.07, 6.45) is 2.20. The van der Waals surface area contributed by atoms with E-state index < -0.39 is 0 Å². The molecule has 0 aliphatic heterocycles. The van der Waals surface area contributed by atoms with Gasteiger partial charge in [-0.2, -0.15) is 0 Å². The Hall–Kier alpha value is -0.210. The maximum atomic E-state index is 8.06. The lowest BCUT2D eigenvalue weighted by molar-refractivity contribution is 0.276. The molecule has 2 nitrogen and oxygen atoms in total. The highest BCUT2D eigenvalue weighted by atomic mass is 16.3.